The average Bonchev–Trinajstić information content (AvgIpc) is 2.26. The van der Waals surface area contributed by atoms with Crippen LogP contribution in [-0.4, -0.2) is 60.8 Å². The molecule has 8 heteroatoms. The zero-order valence-corrected chi connectivity index (χ0v) is 10.5. The van der Waals surface area contributed by atoms with Gasteiger partial charge in [-0.05, 0) is 6.42 Å². The van der Waals surface area contributed by atoms with Crippen molar-refractivity contribution >= 4 is 17.9 Å². The second-order valence-corrected chi connectivity index (χ2v) is 3.73. The third-order valence-electron chi connectivity index (χ3n) is 2.15. The van der Waals surface area contributed by atoms with Crippen LogP contribution >= 0.6 is 0 Å². The van der Waals surface area contributed by atoms with Crippen molar-refractivity contribution < 1.29 is 24.2 Å². The lowest BCUT2D eigenvalue weighted by Gasteiger charge is -2.23. The standard InChI is InChI=1S/C10H19N3O5/c1-3-7(6-18-2)12-10(17)13(4-8(11)14)5-9(15)16/h7H,3-6H2,1-2H3,(H2,11,14)(H,12,17)(H,15,16). The predicted octanol–water partition coefficient (Wildman–Crippen LogP) is -1.01. The van der Waals surface area contributed by atoms with Crippen molar-refractivity contribution in [3.8, 4) is 0 Å². The topological polar surface area (TPSA) is 122 Å². The third kappa shape index (κ3) is 6.69. The van der Waals surface area contributed by atoms with Crippen molar-refractivity contribution in [3.63, 3.8) is 0 Å². The first-order valence-electron chi connectivity index (χ1n) is 5.45. The largest absolute Gasteiger partial charge is 0.480 e. The van der Waals surface area contributed by atoms with Crippen LogP contribution in [0.25, 0.3) is 0 Å². The number of hydrogen-bond donors (Lipinski definition) is 3. The molecular formula is C10H19N3O5. The van der Waals surface area contributed by atoms with Crippen LogP contribution in [0.4, 0.5) is 4.79 Å². The number of methoxy groups -OCH3 is 1. The van der Waals surface area contributed by atoms with Gasteiger partial charge in [0.05, 0.1) is 12.6 Å². The van der Waals surface area contributed by atoms with E-state index in [1.807, 2.05) is 6.92 Å². The van der Waals surface area contributed by atoms with E-state index >= 15 is 0 Å². The summed E-state index contributed by atoms with van der Waals surface area (Å²) in [6, 6.07) is -0.897. The van der Waals surface area contributed by atoms with E-state index in [-0.39, 0.29) is 6.04 Å². The molecule has 0 bridgehead atoms. The van der Waals surface area contributed by atoms with Gasteiger partial charge in [-0.3, -0.25) is 9.59 Å². The molecule has 8 nitrogen and oxygen atoms in total. The zero-order chi connectivity index (χ0) is 14.1. The van der Waals surface area contributed by atoms with E-state index in [4.69, 9.17) is 15.6 Å². The fourth-order valence-corrected chi connectivity index (χ4v) is 1.28. The number of nitrogens with two attached hydrogens (primary N) is 1. The number of carbonyl (C=O) groups is 3. The number of rotatable bonds is 8. The van der Waals surface area contributed by atoms with Crippen LogP contribution in [0.15, 0.2) is 0 Å². The molecule has 0 aliphatic carbocycles. The molecule has 0 radical (unpaired) electrons. The number of carbonyl (C=O) groups excluding carboxylic acids is 2. The van der Waals surface area contributed by atoms with Gasteiger partial charge in [-0.15, -0.1) is 0 Å². The van der Waals surface area contributed by atoms with Crippen molar-refractivity contribution in [3.05, 3.63) is 0 Å². The zero-order valence-electron chi connectivity index (χ0n) is 10.5. The van der Waals surface area contributed by atoms with Gasteiger partial charge in [0.1, 0.15) is 13.1 Å². The van der Waals surface area contributed by atoms with E-state index < -0.39 is 31.0 Å². The highest BCUT2D eigenvalue weighted by molar-refractivity contribution is 5.86. The molecule has 0 saturated carbocycles. The van der Waals surface area contributed by atoms with E-state index in [0.29, 0.717) is 13.0 Å². The van der Waals surface area contributed by atoms with Gasteiger partial charge < -0.3 is 25.8 Å². The minimum Gasteiger partial charge on any atom is -0.480 e. The quantitative estimate of drug-likeness (QED) is 0.517. The van der Waals surface area contributed by atoms with Crippen molar-refractivity contribution in [2.75, 3.05) is 26.8 Å². The van der Waals surface area contributed by atoms with E-state index in [1.165, 1.54) is 7.11 Å². The summed E-state index contributed by atoms with van der Waals surface area (Å²) >= 11 is 0. The molecule has 3 amide bonds. The van der Waals surface area contributed by atoms with Gasteiger partial charge in [0.25, 0.3) is 0 Å². The van der Waals surface area contributed by atoms with Gasteiger partial charge in [-0.2, -0.15) is 0 Å². The molecule has 0 aromatic carbocycles. The molecule has 0 aromatic rings. The second kappa shape index (κ2) is 8.29. The van der Waals surface area contributed by atoms with Gasteiger partial charge >= 0.3 is 12.0 Å². The second-order valence-electron chi connectivity index (χ2n) is 3.73. The highest BCUT2D eigenvalue weighted by Gasteiger charge is 2.20. The summed E-state index contributed by atoms with van der Waals surface area (Å²) in [5.41, 5.74) is 4.95. The number of carboxylic acid groups (broad SMARTS) is 1. The van der Waals surface area contributed by atoms with Crippen LogP contribution in [0.5, 0.6) is 0 Å². The highest BCUT2D eigenvalue weighted by atomic mass is 16.5. The molecule has 18 heavy (non-hydrogen) atoms. The summed E-state index contributed by atoms with van der Waals surface area (Å²) in [7, 11) is 1.49. The molecule has 0 saturated heterocycles. The Hall–Kier alpha value is -1.83. The van der Waals surface area contributed by atoms with Crippen LogP contribution < -0.4 is 11.1 Å². The maximum atomic E-state index is 11.7. The summed E-state index contributed by atoms with van der Waals surface area (Å²) < 4.78 is 4.90. The number of nitrogens with one attached hydrogen (secondary N) is 1. The predicted molar refractivity (Wildman–Crippen MR) is 62.9 cm³/mol. The van der Waals surface area contributed by atoms with E-state index in [9.17, 15) is 14.4 Å². The number of urea groups is 1. The molecule has 1 atom stereocenters. The first-order chi connectivity index (χ1) is 8.40. The van der Waals surface area contributed by atoms with Crippen molar-refractivity contribution in [1.82, 2.24) is 10.2 Å². The van der Waals surface area contributed by atoms with Gasteiger partial charge in [-0.1, -0.05) is 6.92 Å². The van der Waals surface area contributed by atoms with E-state index in [1.54, 1.807) is 0 Å². The fraction of sp³-hybridized carbons (Fsp3) is 0.700. The summed E-state index contributed by atoms with van der Waals surface area (Å²) in [5.74, 6) is -1.99. The Labute approximate surface area is 105 Å². The van der Waals surface area contributed by atoms with Crippen LogP contribution in [0.2, 0.25) is 0 Å². The lowest BCUT2D eigenvalue weighted by Crippen LogP contribution is -2.50. The Balaban J connectivity index is 4.52. The molecule has 4 N–H and O–H groups in total. The Kier molecular flexibility index (Phi) is 7.45. The van der Waals surface area contributed by atoms with Gasteiger partial charge in [0, 0.05) is 7.11 Å². The minimum atomic E-state index is -1.22. The van der Waals surface area contributed by atoms with Gasteiger partial charge in [0.2, 0.25) is 5.91 Å². The molecule has 0 rings (SSSR count). The van der Waals surface area contributed by atoms with Gasteiger partial charge in [-0.25, -0.2) is 4.79 Å². The smallest absolute Gasteiger partial charge is 0.323 e. The number of aliphatic carboxylic acids is 1. The van der Waals surface area contributed by atoms with Crippen LogP contribution in [0.3, 0.4) is 0 Å². The number of hydrogen-bond acceptors (Lipinski definition) is 4. The summed E-state index contributed by atoms with van der Waals surface area (Å²) in [4.78, 5) is 33.9. The first-order valence-corrected chi connectivity index (χ1v) is 5.45. The lowest BCUT2D eigenvalue weighted by molar-refractivity contribution is -0.137. The molecule has 0 aliphatic heterocycles. The van der Waals surface area contributed by atoms with Crippen molar-refractivity contribution in [1.29, 1.82) is 0 Å². The SMILES string of the molecule is CCC(COC)NC(=O)N(CC(N)=O)CC(=O)O. The highest BCUT2D eigenvalue weighted by Crippen LogP contribution is 1.96. The van der Waals surface area contributed by atoms with Crippen LogP contribution in [0.1, 0.15) is 13.3 Å². The molecule has 1 unspecified atom stereocenters. The molecule has 0 aromatic heterocycles. The first kappa shape index (κ1) is 16.2. The summed E-state index contributed by atoms with van der Waals surface area (Å²) in [6.45, 7) is 1.12. The Morgan fingerprint density at radius 2 is 2.00 bits per heavy atom. The number of nitrogens with zero attached hydrogens (tertiary/aromatic N) is 1. The van der Waals surface area contributed by atoms with Crippen LogP contribution in [0, 0.1) is 0 Å². The molecule has 0 aliphatic rings. The van der Waals surface area contributed by atoms with Crippen molar-refractivity contribution in [2.24, 2.45) is 5.73 Å². The van der Waals surface area contributed by atoms with E-state index in [2.05, 4.69) is 5.32 Å². The Bertz CT molecular complexity index is 292. The monoisotopic (exact) mass is 261 g/mol. The maximum Gasteiger partial charge on any atom is 0.323 e. The lowest BCUT2D eigenvalue weighted by atomic mass is 10.2. The number of primary amides is 1. The molecule has 104 valence electrons. The number of carboxylic acids is 1. The third-order valence-corrected chi connectivity index (χ3v) is 2.15. The van der Waals surface area contributed by atoms with Crippen molar-refractivity contribution in [2.45, 2.75) is 19.4 Å². The minimum absolute atomic E-state index is 0.244. The number of ether oxygens (including phenoxy) is 1. The normalized spacial score (nSPS) is 11.7. The molecule has 0 fully saturated rings. The summed E-state index contributed by atoms with van der Waals surface area (Å²) in [6.07, 6.45) is 0.622. The molecular weight excluding hydrogens is 242 g/mol. The summed E-state index contributed by atoms with van der Waals surface area (Å²) in [5, 5.41) is 11.2. The fourth-order valence-electron chi connectivity index (χ4n) is 1.28. The van der Waals surface area contributed by atoms with E-state index in [0.717, 1.165) is 4.90 Å². The Morgan fingerprint density at radius 1 is 1.39 bits per heavy atom. The van der Waals surface area contributed by atoms with Gasteiger partial charge in [0.15, 0.2) is 0 Å². The Morgan fingerprint density at radius 3 is 2.39 bits per heavy atom. The van der Waals surface area contributed by atoms with Crippen LogP contribution in [-0.2, 0) is 14.3 Å². The maximum absolute atomic E-state index is 11.7. The number of amides is 3. The molecule has 0 spiro atoms. The average molecular weight is 261 g/mol. The molecule has 0 heterocycles.